The first kappa shape index (κ1) is 49.3. The van der Waals surface area contributed by atoms with Crippen LogP contribution in [-0.4, -0.2) is 154 Å². The van der Waals surface area contributed by atoms with Crippen molar-refractivity contribution in [1.82, 2.24) is 9.80 Å². The quantitative estimate of drug-likeness (QED) is 0.0873. The summed E-state index contributed by atoms with van der Waals surface area (Å²) in [7, 11) is 0. The lowest BCUT2D eigenvalue weighted by atomic mass is 9.96. The van der Waals surface area contributed by atoms with Crippen LogP contribution in [0.1, 0.15) is 12.8 Å². The van der Waals surface area contributed by atoms with Gasteiger partial charge in [-0.15, -0.1) is 37.2 Å². The molecule has 23 heteroatoms. The highest BCUT2D eigenvalue weighted by Gasteiger charge is 2.40. The molecule has 0 aliphatic carbocycles. The number of hydrogen-bond donors (Lipinski definition) is 10. The average Bonchev–Trinajstić information content (AvgIpc) is 2.62. The van der Waals surface area contributed by atoms with E-state index >= 15 is 0 Å². The smallest absolute Gasteiger partial charge is 0.481 e. The zero-order chi connectivity index (χ0) is 29.9. The van der Waals surface area contributed by atoms with Crippen LogP contribution in [0.15, 0.2) is 0 Å². The van der Waals surface area contributed by atoms with Crippen molar-refractivity contribution in [1.29, 1.82) is 0 Å². The van der Waals surface area contributed by atoms with E-state index in [9.17, 15) is 33.6 Å². The molecule has 236 valence electrons. The van der Waals surface area contributed by atoms with Gasteiger partial charge in [0.25, 0.3) is 0 Å². The SMILES string of the molecule is Cl.Cl.Cl.O=C(O)CC(O)(CC(=O)O)C(=O)O.O=C(O)CN(CCN(CC(=O)O)CC(=O)O)CC(=O)O.O=C(O)O. The van der Waals surface area contributed by atoms with Gasteiger partial charge in [-0.3, -0.25) is 38.6 Å². The van der Waals surface area contributed by atoms with E-state index < -0.39 is 92.6 Å². The molecule has 0 heterocycles. The largest absolute Gasteiger partial charge is 0.503 e. The summed E-state index contributed by atoms with van der Waals surface area (Å²) < 4.78 is 0. The Morgan fingerprint density at radius 1 is 0.450 bits per heavy atom. The Hall–Kier alpha value is -3.69. The third-order valence-electron chi connectivity index (χ3n) is 3.45. The van der Waals surface area contributed by atoms with Crippen molar-refractivity contribution in [2.24, 2.45) is 0 Å². The second-order valence-corrected chi connectivity index (χ2v) is 6.76. The Morgan fingerprint density at radius 3 is 0.775 bits per heavy atom. The van der Waals surface area contributed by atoms with Crippen molar-refractivity contribution in [3.05, 3.63) is 0 Å². The summed E-state index contributed by atoms with van der Waals surface area (Å²) in [4.78, 5) is 83.4. The molecular weight excluding hydrogens is 627 g/mol. The molecule has 0 aliphatic heterocycles. The van der Waals surface area contributed by atoms with Gasteiger partial charge in [-0.05, 0) is 0 Å². The fourth-order valence-corrected chi connectivity index (χ4v) is 2.19. The maximum Gasteiger partial charge on any atom is 0.503 e. The van der Waals surface area contributed by atoms with Crippen molar-refractivity contribution in [2.45, 2.75) is 18.4 Å². The van der Waals surface area contributed by atoms with Crippen LogP contribution < -0.4 is 0 Å². The van der Waals surface area contributed by atoms with E-state index in [1.165, 1.54) is 0 Å². The normalized spacial score (nSPS) is 9.47. The first-order valence-corrected chi connectivity index (χ1v) is 9.34. The molecule has 0 bridgehead atoms. The molecule has 10 N–H and O–H groups in total. The molecule has 0 amide bonds. The van der Waals surface area contributed by atoms with Crippen LogP contribution in [0.25, 0.3) is 0 Å². The summed E-state index contributed by atoms with van der Waals surface area (Å²) in [6.45, 7) is -2.25. The molecule has 0 unspecified atom stereocenters. The van der Waals surface area contributed by atoms with Gasteiger partial charge in [-0.2, -0.15) is 0 Å². The van der Waals surface area contributed by atoms with Gasteiger partial charge in [0.1, 0.15) is 0 Å². The minimum atomic E-state index is -2.74. The van der Waals surface area contributed by atoms with Crippen LogP contribution in [0, 0.1) is 0 Å². The summed E-state index contributed by atoms with van der Waals surface area (Å²) in [6, 6.07) is 0. The van der Waals surface area contributed by atoms with Gasteiger partial charge in [-0.1, -0.05) is 0 Å². The van der Waals surface area contributed by atoms with Gasteiger partial charge in [-0.25, -0.2) is 9.59 Å². The molecule has 0 aromatic carbocycles. The van der Waals surface area contributed by atoms with E-state index in [1.54, 1.807) is 0 Å². The van der Waals surface area contributed by atoms with Gasteiger partial charge in [0.05, 0.1) is 39.0 Å². The van der Waals surface area contributed by atoms with Crippen LogP contribution >= 0.6 is 37.2 Å². The zero-order valence-electron chi connectivity index (χ0n) is 20.0. The van der Waals surface area contributed by atoms with Crippen LogP contribution in [0.2, 0.25) is 0 Å². The number of hydrogen-bond acceptors (Lipinski definition) is 11. The number of rotatable bonds is 16. The number of carboxylic acids is 7. The lowest BCUT2D eigenvalue weighted by molar-refractivity contribution is -0.170. The highest BCUT2D eigenvalue weighted by molar-refractivity contribution is 5.88. The van der Waals surface area contributed by atoms with Gasteiger partial charge in [0, 0.05) is 13.1 Å². The zero-order valence-corrected chi connectivity index (χ0v) is 22.5. The highest BCUT2D eigenvalue weighted by Crippen LogP contribution is 2.15. The minimum Gasteiger partial charge on any atom is -0.481 e. The molecule has 0 saturated carbocycles. The van der Waals surface area contributed by atoms with E-state index in [1.807, 2.05) is 0 Å². The first-order valence-electron chi connectivity index (χ1n) is 9.34. The van der Waals surface area contributed by atoms with Crippen molar-refractivity contribution < 1.29 is 89.4 Å². The molecule has 0 aromatic heterocycles. The molecule has 0 saturated heterocycles. The van der Waals surface area contributed by atoms with Gasteiger partial charge in [0.15, 0.2) is 5.60 Å². The Kier molecular flexibility index (Phi) is 31.5. The number of nitrogens with zero attached hydrogens (tertiary/aromatic N) is 2. The first-order chi connectivity index (χ1) is 16.7. The van der Waals surface area contributed by atoms with Crippen LogP contribution in [0.3, 0.4) is 0 Å². The Bertz CT molecular complexity index is 767. The summed E-state index contributed by atoms with van der Waals surface area (Å²) in [5.74, 6) is -9.93. The summed E-state index contributed by atoms with van der Waals surface area (Å²) >= 11 is 0. The van der Waals surface area contributed by atoms with Gasteiger partial charge >= 0.3 is 47.9 Å². The second kappa shape index (κ2) is 25.6. The standard InChI is InChI=1S/C10H16N2O8.C6H8O7.CH2O3.3ClH/c13-7(14)3-11(4-8(15)16)1-2-12(5-9(17)18)6-10(19)20;7-3(8)1-6(13,5(11)12)2-4(9)10;2-1(3)4;;;/h1-6H2,(H,13,14)(H,15,16)(H,17,18)(H,19,20);13H,1-2H2,(H,7,8)(H,9,10)(H,11,12);(H2,2,3,4);3*1H. The number of carbonyl (C=O) groups is 8. The minimum absolute atomic E-state index is 0. The van der Waals surface area contributed by atoms with Crippen LogP contribution in [0.5, 0.6) is 0 Å². The molecule has 0 spiro atoms. The molecule has 40 heavy (non-hydrogen) atoms. The maximum absolute atomic E-state index is 10.6. The highest BCUT2D eigenvalue weighted by atomic mass is 35.5. The summed E-state index contributed by atoms with van der Waals surface area (Å²) in [5, 5.41) is 82.2. The van der Waals surface area contributed by atoms with Crippen LogP contribution in [0.4, 0.5) is 4.79 Å². The fraction of sp³-hybridized carbons (Fsp3) is 0.529. The topological polar surface area (TPSA) is 345 Å². The Morgan fingerprint density at radius 2 is 0.650 bits per heavy atom. The third-order valence-corrected chi connectivity index (χ3v) is 3.45. The van der Waals surface area contributed by atoms with Crippen molar-refractivity contribution in [3.63, 3.8) is 0 Å². The van der Waals surface area contributed by atoms with Crippen molar-refractivity contribution in [2.75, 3.05) is 39.3 Å². The molecule has 0 rings (SSSR count). The number of halogens is 3. The molecular formula is C17H29Cl3N2O18. The van der Waals surface area contributed by atoms with E-state index in [4.69, 9.17) is 55.9 Å². The van der Waals surface area contributed by atoms with Gasteiger partial charge < -0.3 is 51.1 Å². The lowest BCUT2D eigenvalue weighted by Crippen LogP contribution is -2.43. The Labute approximate surface area is 242 Å². The van der Waals surface area contributed by atoms with Crippen molar-refractivity contribution in [3.8, 4) is 0 Å². The molecule has 0 radical (unpaired) electrons. The monoisotopic (exact) mass is 654 g/mol. The van der Waals surface area contributed by atoms with Crippen molar-refractivity contribution >= 4 is 85.2 Å². The molecule has 20 nitrogen and oxygen atoms in total. The molecule has 0 atom stereocenters. The van der Waals surface area contributed by atoms with Crippen LogP contribution in [-0.2, 0) is 33.6 Å². The molecule has 0 fully saturated rings. The molecule has 0 aromatic rings. The van der Waals surface area contributed by atoms with E-state index in [-0.39, 0.29) is 50.3 Å². The lowest BCUT2D eigenvalue weighted by Gasteiger charge is -2.23. The fourth-order valence-electron chi connectivity index (χ4n) is 2.19. The number of carboxylic acid groups (broad SMARTS) is 9. The predicted octanol–water partition coefficient (Wildman–Crippen LogP) is -1.83. The molecule has 0 aliphatic rings. The summed E-state index contributed by atoms with van der Waals surface area (Å²) in [5.41, 5.74) is -2.74. The second-order valence-electron chi connectivity index (χ2n) is 6.76. The summed E-state index contributed by atoms with van der Waals surface area (Å²) in [6.07, 6.45) is -4.12. The van der Waals surface area contributed by atoms with Gasteiger partial charge in [0.2, 0.25) is 0 Å². The van der Waals surface area contributed by atoms with E-state index in [2.05, 4.69) is 0 Å². The van der Waals surface area contributed by atoms with E-state index in [0.29, 0.717) is 0 Å². The predicted molar refractivity (Wildman–Crippen MR) is 133 cm³/mol. The number of aliphatic carboxylic acids is 7. The number of aliphatic hydroxyl groups is 1. The average molecular weight is 656 g/mol. The Balaban J connectivity index is -0.000000126. The van der Waals surface area contributed by atoms with E-state index in [0.717, 1.165) is 9.80 Å². The third kappa shape index (κ3) is 34.3. The maximum atomic E-state index is 10.6.